The number of aromatic nitrogens is 1. The van der Waals surface area contributed by atoms with E-state index in [2.05, 4.69) is 9.83 Å². The van der Waals surface area contributed by atoms with Gasteiger partial charge in [-0.2, -0.15) is 0 Å². The average Bonchev–Trinajstić information content (AvgIpc) is 3.71. The van der Waals surface area contributed by atoms with Gasteiger partial charge in [-0.25, -0.2) is 9.24 Å². The normalized spacial score (nSPS) is 15.7. The van der Waals surface area contributed by atoms with Gasteiger partial charge in [0.25, 0.3) is 5.91 Å². The molecule has 1 saturated heterocycles. The SMILES string of the molecule is [C-]#[N+]c1cc(-c2c(C3CC3)cnc3cc(-c4ccc(C(=O)N(C)C)cc4F)oc23)ccc1OC1CCOCC1. The Balaban J connectivity index is 1.42. The van der Waals surface area contributed by atoms with Gasteiger partial charge in [0, 0.05) is 50.3 Å². The van der Waals surface area contributed by atoms with E-state index in [4.69, 9.17) is 20.5 Å². The number of benzene rings is 2. The molecule has 198 valence electrons. The molecule has 7 nitrogen and oxygen atoms in total. The van der Waals surface area contributed by atoms with E-state index in [0.717, 1.165) is 42.4 Å². The monoisotopic (exact) mass is 525 g/mol. The highest BCUT2D eigenvalue weighted by Gasteiger charge is 2.30. The minimum Gasteiger partial charge on any atom is -0.501 e. The summed E-state index contributed by atoms with van der Waals surface area (Å²) in [7, 11) is 3.25. The third-order valence-electron chi connectivity index (χ3n) is 7.31. The summed E-state index contributed by atoms with van der Waals surface area (Å²) in [5.41, 5.74) is 4.88. The highest BCUT2D eigenvalue weighted by molar-refractivity contribution is 5.96. The lowest BCUT2D eigenvalue weighted by Crippen LogP contribution is -2.25. The summed E-state index contributed by atoms with van der Waals surface area (Å²) < 4.78 is 33.0. The van der Waals surface area contributed by atoms with Crippen molar-refractivity contribution in [3.8, 4) is 28.2 Å². The number of amides is 1. The Morgan fingerprint density at radius 2 is 1.90 bits per heavy atom. The number of fused-ring (bicyclic) bond motifs is 1. The molecule has 4 aromatic rings. The van der Waals surface area contributed by atoms with Gasteiger partial charge in [0.15, 0.2) is 5.58 Å². The molecule has 1 aliphatic heterocycles. The average molecular weight is 526 g/mol. The molecule has 3 heterocycles. The first-order valence-electron chi connectivity index (χ1n) is 13.1. The van der Waals surface area contributed by atoms with Crippen molar-refractivity contribution in [1.82, 2.24) is 9.88 Å². The number of hydrogen-bond acceptors (Lipinski definition) is 5. The van der Waals surface area contributed by atoms with Crippen molar-refractivity contribution < 1.29 is 23.1 Å². The van der Waals surface area contributed by atoms with Gasteiger partial charge in [0.05, 0.1) is 25.3 Å². The van der Waals surface area contributed by atoms with E-state index in [1.54, 1.807) is 32.3 Å². The van der Waals surface area contributed by atoms with Crippen LogP contribution in [0.15, 0.2) is 53.1 Å². The molecule has 0 N–H and O–H groups in total. The fourth-order valence-corrected chi connectivity index (χ4v) is 5.06. The summed E-state index contributed by atoms with van der Waals surface area (Å²) in [5, 5.41) is 0. The Bertz CT molecular complexity index is 1610. The number of ether oxygens (including phenoxy) is 2. The van der Waals surface area contributed by atoms with Gasteiger partial charge in [-0.3, -0.25) is 9.78 Å². The molecule has 39 heavy (non-hydrogen) atoms. The second kappa shape index (κ2) is 10.2. The Kier molecular flexibility index (Phi) is 6.53. The van der Waals surface area contributed by atoms with Crippen LogP contribution in [0.2, 0.25) is 0 Å². The molecule has 2 aliphatic rings. The maximum absolute atomic E-state index is 15.2. The van der Waals surface area contributed by atoms with Crippen molar-refractivity contribution in [3.05, 3.63) is 77.0 Å². The first kappa shape index (κ1) is 25.1. The van der Waals surface area contributed by atoms with Crippen LogP contribution in [0.1, 0.15) is 47.5 Å². The van der Waals surface area contributed by atoms with Crippen molar-refractivity contribution in [2.45, 2.75) is 37.7 Å². The summed E-state index contributed by atoms with van der Waals surface area (Å²) in [5.74, 6) is 0.443. The van der Waals surface area contributed by atoms with Crippen LogP contribution >= 0.6 is 0 Å². The van der Waals surface area contributed by atoms with Gasteiger partial charge >= 0.3 is 0 Å². The van der Waals surface area contributed by atoms with Crippen molar-refractivity contribution in [1.29, 1.82) is 0 Å². The highest BCUT2D eigenvalue weighted by Crippen LogP contribution is 2.48. The third-order valence-corrected chi connectivity index (χ3v) is 7.31. The summed E-state index contributed by atoms with van der Waals surface area (Å²) in [6, 6.07) is 11.8. The van der Waals surface area contributed by atoms with Crippen LogP contribution in [0.5, 0.6) is 5.75 Å². The van der Waals surface area contributed by atoms with Crippen LogP contribution in [0.3, 0.4) is 0 Å². The van der Waals surface area contributed by atoms with Crippen LogP contribution in [-0.2, 0) is 4.74 Å². The molecular formula is C31H28FN3O4. The van der Waals surface area contributed by atoms with E-state index in [9.17, 15) is 4.79 Å². The molecule has 8 heteroatoms. The number of carbonyl (C=O) groups excluding carboxylic acids is 1. The molecule has 0 spiro atoms. The Labute approximate surface area is 226 Å². The molecule has 0 radical (unpaired) electrons. The van der Waals surface area contributed by atoms with E-state index < -0.39 is 5.82 Å². The topological polar surface area (TPSA) is 69.2 Å². The molecule has 6 rings (SSSR count). The van der Waals surface area contributed by atoms with Gasteiger partial charge < -0.3 is 18.8 Å². The standard InChI is InChI=1S/C31H28FN3O4/c1-33-25-15-19(7-9-27(25)38-21-10-12-37-13-11-21)29-23(18-4-5-18)17-34-26-16-28(39-30(26)29)22-8-6-20(14-24(22)32)31(36)35(2)3/h6-9,14-18,21H,4-5,10-13H2,2-3H3. The van der Waals surface area contributed by atoms with Crippen molar-refractivity contribution in [2.75, 3.05) is 27.3 Å². The molecule has 2 aromatic heterocycles. The second-order valence-electron chi connectivity index (χ2n) is 10.3. The van der Waals surface area contributed by atoms with Crippen LogP contribution < -0.4 is 4.74 Å². The first-order valence-corrected chi connectivity index (χ1v) is 13.1. The maximum Gasteiger partial charge on any atom is 0.253 e. The number of furan rings is 1. The molecule has 1 saturated carbocycles. The minimum atomic E-state index is -0.546. The predicted molar refractivity (Wildman–Crippen MR) is 146 cm³/mol. The molecule has 1 amide bonds. The fraction of sp³-hybridized carbons (Fsp3) is 0.323. The van der Waals surface area contributed by atoms with E-state index in [1.165, 1.54) is 11.0 Å². The highest BCUT2D eigenvalue weighted by atomic mass is 19.1. The molecular weight excluding hydrogens is 497 g/mol. The fourth-order valence-electron chi connectivity index (χ4n) is 5.06. The lowest BCUT2D eigenvalue weighted by Gasteiger charge is -2.24. The number of hydrogen-bond donors (Lipinski definition) is 0. The number of halogens is 1. The van der Waals surface area contributed by atoms with E-state index in [1.807, 2.05) is 24.4 Å². The number of pyridine rings is 1. The molecule has 0 atom stereocenters. The van der Waals surface area contributed by atoms with Gasteiger partial charge in [-0.1, -0.05) is 6.07 Å². The number of nitrogens with zero attached hydrogens (tertiary/aromatic N) is 3. The molecule has 1 aliphatic carbocycles. The van der Waals surface area contributed by atoms with Gasteiger partial charge in [0.1, 0.15) is 28.9 Å². The van der Waals surface area contributed by atoms with Crippen LogP contribution in [0, 0.1) is 12.4 Å². The summed E-state index contributed by atoms with van der Waals surface area (Å²) in [4.78, 5) is 22.1. The van der Waals surface area contributed by atoms with Gasteiger partial charge in [-0.15, -0.1) is 0 Å². The number of carbonyl (C=O) groups is 1. The molecule has 2 fully saturated rings. The van der Waals surface area contributed by atoms with Crippen molar-refractivity contribution >= 4 is 22.7 Å². The maximum atomic E-state index is 15.2. The minimum absolute atomic E-state index is 0.0293. The zero-order valence-electron chi connectivity index (χ0n) is 21.9. The summed E-state index contributed by atoms with van der Waals surface area (Å²) >= 11 is 0. The van der Waals surface area contributed by atoms with Crippen LogP contribution in [0.4, 0.5) is 10.1 Å². The van der Waals surface area contributed by atoms with Crippen molar-refractivity contribution in [2.24, 2.45) is 0 Å². The van der Waals surface area contributed by atoms with E-state index in [-0.39, 0.29) is 23.1 Å². The van der Waals surface area contributed by atoms with Crippen LogP contribution in [0.25, 0.3) is 38.4 Å². The first-order chi connectivity index (χ1) is 18.9. The van der Waals surface area contributed by atoms with Crippen LogP contribution in [-0.4, -0.2) is 49.2 Å². The number of rotatable bonds is 6. The quantitative estimate of drug-likeness (QED) is 0.254. The largest absolute Gasteiger partial charge is 0.501 e. The second-order valence-corrected chi connectivity index (χ2v) is 10.3. The Hall–Kier alpha value is -4.22. The third kappa shape index (κ3) is 4.86. The summed E-state index contributed by atoms with van der Waals surface area (Å²) in [6.07, 6.45) is 5.61. The zero-order valence-corrected chi connectivity index (χ0v) is 21.9. The van der Waals surface area contributed by atoms with Crippen molar-refractivity contribution in [3.63, 3.8) is 0 Å². The smallest absolute Gasteiger partial charge is 0.253 e. The summed E-state index contributed by atoms with van der Waals surface area (Å²) in [6.45, 7) is 9.12. The molecule has 0 unspecified atom stereocenters. The predicted octanol–water partition coefficient (Wildman–Crippen LogP) is 6.99. The van der Waals surface area contributed by atoms with E-state index in [0.29, 0.717) is 47.4 Å². The molecule has 2 aromatic carbocycles. The zero-order chi connectivity index (χ0) is 27.1. The Morgan fingerprint density at radius 3 is 2.59 bits per heavy atom. The molecule has 0 bridgehead atoms. The Morgan fingerprint density at radius 1 is 1.10 bits per heavy atom. The van der Waals surface area contributed by atoms with Gasteiger partial charge in [0.2, 0.25) is 5.69 Å². The van der Waals surface area contributed by atoms with E-state index >= 15 is 4.39 Å². The lowest BCUT2D eigenvalue weighted by molar-refractivity contribution is 0.0259. The lowest BCUT2D eigenvalue weighted by atomic mass is 9.97. The van der Waals surface area contributed by atoms with Gasteiger partial charge in [-0.05, 0) is 60.2 Å².